The lowest BCUT2D eigenvalue weighted by Crippen LogP contribution is -1.98. The summed E-state index contributed by atoms with van der Waals surface area (Å²) in [6.45, 7) is 1.88. The number of aromatic hydroxyl groups is 1. The molecule has 1 aromatic carbocycles. The minimum Gasteiger partial charge on any atom is -0.504 e. The van der Waals surface area contributed by atoms with E-state index in [1.807, 2.05) is 6.92 Å². The fraction of sp³-hybridized carbons (Fsp3) is 0.143. The van der Waals surface area contributed by atoms with Gasteiger partial charge in [0.1, 0.15) is 0 Å². The van der Waals surface area contributed by atoms with E-state index in [0.29, 0.717) is 28.1 Å². The van der Waals surface area contributed by atoms with Crippen LogP contribution in [0.5, 0.6) is 11.5 Å². The second-order valence-corrected chi connectivity index (χ2v) is 4.25. The van der Waals surface area contributed by atoms with Gasteiger partial charge in [-0.15, -0.1) is 0 Å². The zero-order chi connectivity index (χ0) is 12.9. The van der Waals surface area contributed by atoms with Crippen LogP contribution in [0.2, 0.25) is 0 Å². The molecule has 0 amide bonds. The van der Waals surface area contributed by atoms with Gasteiger partial charge in [0.25, 0.3) is 0 Å². The van der Waals surface area contributed by atoms with Crippen LogP contribution < -0.4 is 4.74 Å². The van der Waals surface area contributed by atoms with E-state index >= 15 is 0 Å². The van der Waals surface area contributed by atoms with E-state index in [-0.39, 0.29) is 11.5 Å². The third kappa shape index (κ3) is 1.26. The highest BCUT2D eigenvalue weighted by molar-refractivity contribution is 6.22. The molecule has 0 fully saturated rings. The Hall–Kier alpha value is -2.36. The lowest BCUT2D eigenvalue weighted by molar-refractivity contribution is 0.104. The van der Waals surface area contributed by atoms with Gasteiger partial charge in [0.05, 0.1) is 18.4 Å². The molecular formula is C14H11NO3. The van der Waals surface area contributed by atoms with E-state index in [1.54, 1.807) is 18.3 Å². The van der Waals surface area contributed by atoms with Crippen molar-refractivity contribution < 1.29 is 14.6 Å². The molecule has 0 radical (unpaired) electrons. The van der Waals surface area contributed by atoms with Gasteiger partial charge in [0.2, 0.25) is 0 Å². The van der Waals surface area contributed by atoms with Crippen LogP contribution in [-0.2, 0) is 0 Å². The highest BCUT2D eigenvalue weighted by atomic mass is 16.5. The van der Waals surface area contributed by atoms with Crippen molar-refractivity contribution in [2.24, 2.45) is 0 Å². The third-order valence-electron chi connectivity index (χ3n) is 3.21. The summed E-state index contributed by atoms with van der Waals surface area (Å²) in [6.07, 6.45) is 1.66. The molecule has 3 rings (SSSR count). The Kier molecular flexibility index (Phi) is 2.13. The van der Waals surface area contributed by atoms with Crippen molar-refractivity contribution >= 4 is 5.78 Å². The summed E-state index contributed by atoms with van der Waals surface area (Å²) in [4.78, 5) is 16.5. The van der Waals surface area contributed by atoms with Gasteiger partial charge in [-0.3, -0.25) is 9.78 Å². The molecule has 90 valence electrons. The SMILES string of the molecule is COc1cc2c(cc1O)-c1nccc(C)c1C2=O. The van der Waals surface area contributed by atoms with E-state index in [4.69, 9.17) is 4.74 Å². The Morgan fingerprint density at radius 2 is 2.06 bits per heavy atom. The number of aromatic nitrogens is 1. The second-order valence-electron chi connectivity index (χ2n) is 4.25. The summed E-state index contributed by atoms with van der Waals surface area (Å²) in [5.41, 5.74) is 3.33. The molecule has 2 aromatic rings. The number of phenols is 1. The van der Waals surface area contributed by atoms with E-state index in [2.05, 4.69) is 4.98 Å². The molecule has 1 heterocycles. The number of rotatable bonds is 1. The lowest BCUT2D eigenvalue weighted by atomic mass is 10.1. The topological polar surface area (TPSA) is 59.4 Å². The first-order valence-electron chi connectivity index (χ1n) is 5.55. The number of benzene rings is 1. The molecule has 0 atom stereocenters. The maximum absolute atomic E-state index is 12.3. The number of carbonyl (C=O) groups excluding carboxylic acids is 1. The first kappa shape index (κ1) is 10.8. The molecule has 18 heavy (non-hydrogen) atoms. The van der Waals surface area contributed by atoms with E-state index in [9.17, 15) is 9.90 Å². The van der Waals surface area contributed by atoms with Crippen molar-refractivity contribution in [2.45, 2.75) is 6.92 Å². The molecule has 0 saturated carbocycles. The summed E-state index contributed by atoms with van der Waals surface area (Å²) in [5, 5.41) is 9.79. The molecule has 4 nitrogen and oxygen atoms in total. The van der Waals surface area contributed by atoms with Gasteiger partial charge in [-0.25, -0.2) is 0 Å². The molecule has 1 aliphatic rings. The lowest BCUT2D eigenvalue weighted by Gasteiger charge is -2.05. The van der Waals surface area contributed by atoms with Crippen molar-refractivity contribution in [3.05, 3.63) is 41.1 Å². The predicted molar refractivity (Wildman–Crippen MR) is 66.1 cm³/mol. The quantitative estimate of drug-likeness (QED) is 0.710. The zero-order valence-electron chi connectivity index (χ0n) is 10.0. The van der Waals surface area contributed by atoms with Crippen LogP contribution in [-0.4, -0.2) is 23.0 Å². The van der Waals surface area contributed by atoms with Crippen LogP contribution in [0.3, 0.4) is 0 Å². The molecule has 0 bridgehead atoms. The molecule has 1 aliphatic carbocycles. The standard InChI is InChI=1S/C14H11NO3/c1-7-3-4-15-13-8-5-10(16)11(18-2)6-9(8)14(17)12(7)13/h3-6,16H,1-2H3. The number of ether oxygens (including phenoxy) is 1. The first-order valence-corrected chi connectivity index (χ1v) is 5.55. The largest absolute Gasteiger partial charge is 0.504 e. The summed E-state index contributed by atoms with van der Waals surface area (Å²) in [7, 11) is 1.46. The van der Waals surface area contributed by atoms with Gasteiger partial charge >= 0.3 is 0 Å². The molecule has 0 aliphatic heterocycles. The van der Waals surface area contributed by atoms with Crippen LogP contribution in [0.1, 0.15) is 21.5 Å². The van der Waals surface area contributed by atoms with E-state index in [1.165, 1.54) is 13.2 Å². The van der Waals surface area contributed by atoms with Crippen LogP contribution in [0.15, 0.2) is 24.4 Å². The molecule has 1 aromatic heterocycles. The number of hydrogen-bond acceptors (Lipinski definition) is 4. The van der Waals surface area contributed by atoms with Gasteiger partial charge in [-0.1, -0.05) is 0 Å². The molecule has 0 unspecified atom stereocenters. The van der Waals surface area contributed by atoms with Crippen LogP contribution in [0, 0.1) is 6.92 Å². The number of fused-ring (bicyclic) bond motifs is 3. The predicted octanol–water partition coefficient (Wildman–Crippen LogP) is 2.32. The highest BCUT2D eigenvalue weighted by Crippen LogP contribution is 2.41. The van der Waals surface area contributed by atoms with E-state index in [0.717, 1.165) is 5.56 Å². The van der Waals surface area contributed by atoms with Gasteiger partial charge in [0, 0.05) is 17.3 Å². The Morgan fingerprint density at radius 3 is 2.78 bits per heavy atom. The number of ketones is 1. The number of aryl methyl sites for hydroxylation is 1. The van der Waals surface area contributed by atoms with E-state index < -0.39 is 0 Å². The fourth-order valence-electron chi connectivity index (χ4n) is 2.30. The number of phenolic OH excluding ortho intramolecular Hbond substituents is 1. The minimum absolute atomic E-state index is 0.0141. The summed E-state index contributed by atoms with van der Waals surface area (Å²) < 4.78 is 5.03. The first-order chi connectivity index (χ1) is 8.63. The van der Waals surface area contributed by atoms with Crippen molar-refractivity contribution in [2.75, 3.05) is 7.11 Å². The van der Waals surface area contributed by atoms with Gasteiger partial charge in [-0.05, 0) is 30.7 Å². The molecule has 0 saturated heterocycles. The fourth-order valence-corrected chi connectivity index (χ4v) is 2.30. The number of nitrogens with zero attached hydrogens (tertiary/aromatic N) is 1. The minimum atomic E-state index is -0.0658. The average molecular weight is 241 g/mol. The summed E-state index contributed by atoms with van der Waals surface area (Å²) in [5.74, 6) is 0.247. The number of methoxy groups -OCH3 is 1. The highest BCUT2D eigenvalue weighted by Gasteiger charge is 2.30. The smallest absolute Gasteiger partial charge is 0.196 e. The normalized spacial score (nSPS) is 12.2. The number of pyridine rings is 1. The zero-order valence-corrected chi connectivity index (χ0v) is 10.0. The molecular weight excluding hydrogens is 230 g/mol. The maximum Gasteiger partial charge on any atom is 0.196 e. The Morgan fingerprint density at radius 1 is 1.28 bits per heavy atom. The second kappa shape index (κ2) is 3.57. The molecule has 1 N–H and O–H groups in total. The molecule has 0 spiro atoms. The summed E-state index contributed by atoms with van der Waals surface area (Å²) in [6, 6.07) is 4.90. The monoisotopic (exact) mass is 241 g/mol. The third-order valence-corrected chi connectivity index (χ3v) is 3.21. The van der Waals surface area contributed by atoms with Crippen molar-refractivity contribution in [3.63, 3.8) is 0 Å². The number of carbonyl (C=O) groups is 1. The van der Waals surface area contributed by atoms with Gasteiger partial charge in [-0.2, -0.15) is 0 Å². The van der Waals surface area contributed by atoms with Gasteiger partial charge in [0.15, 0.2) is 17.3 Å². The van der Waals surface area contributed by atoms with Crippen LogP contribution in [0.4, 0.5) is 0 Å². The molecule has 4 heteroatoms. The Balaban J connectivity index is 2.34. The maximum atomic E-state index is 12.3. The summed E-state index contributed by atoms with van der Waals surface area (Å²) >= 11 is 0. The average Bonchev–Trinajstić information content (AvgIpc) is 2.63. The van der Waals surface area contributed by atoms with Gasteiger partial charge < -0.3 is 9.84 Å². The van der Waals surface area contributed by atoms with Crippen molar-refractivity contribution in [3.8, 4) is 22.8 Å². The van der Waals surface area contributed by atoms with Crippen LogP contribution in [0.25, 0.3) is 11.3 Å². The van der Waals surface area contributed by atoms with Crippen LogP contribution >= 0.6 is 0 Å². The Labute approximate surface area is 104 Å². The van der Waals surface area contributed by atoms with Crippen molar-refractivity contribution in [1.82, 2.24) is 4.98 Å². The Bertz CT molecular complexity index is 677. The van der Waals surface area contributed by atoms with Crippen molar-refractivity contribution in [1.29, 1.82) is 0 Å². The number of hydrogen-bond donors (Lipinski definition) is 1.